The number of hydrogen-bond acceptors (Lipinski definition) is 18. The molecular formula is C65H81N5O26. The number of carbonyl (C=O) groups excluding carboxylic acids is 6. The number of phenolic OH excluding ortho intramolecular Hbond substituents is 2. The first kappa shape index (κ1) is 76.4. The molecule has 0 atom stereocenters. The fraction of sp³-hybridized carbons (Fsp3) is 0.508. The lowest BCUT2D eigenvalue weighted by Crippen LogP contribution is -2.51. The summed E-state index contributed by atoms with van der Waals surface area (Å²) in [7, 11) is 0. The third-order valence-corrected chi connectivity index (χ3v) is 17.9. The van der Waals surface area contributed by atoms with Gasteiger partial charge in [-0.2, -0.15) is 0 Å². The average Bonchev–Trinajstić information content (AvgIpc) is 1.47. The van der Waals surface area contributed by atoms with Crippen LogP contribution in [0.3, 0.4) is 0 Å². The van der Waals surface area contributed by atoms with Crippen LogP contribution < -0.4 is 31.3 Å². The highest BCUT2D eigenvalue weighted by molar-refractivity contribution is 6.00. The predicted octanol–water partition coefficient (Wildman–Crippen LogP) is 5.97. The number of nitrogens with one attached hydrogen (secondary N) is 5. The highest BCUT2D eigenvalue weighted by Crippen LogP contribution is 2.57. The molecule has 15 N–H and O–H groups in total. The van der Waals surface area contributed by atoms with Gasteiger partial charge in [-0.3, -0.25) is 62.3 Å². The van der Waals surface area contributed by atoms with E-state index < -0.39 is 220 Å². The Morgan fingerprint density at radius 1 is 0.406 bits per heavy atom. The van der Waals surface area contributed by atoms with E-state index in [1.807, 2.05) is 0 Å². The van der Waals surface area contributed by atoms with Crippen molar-refractivity contribution in [3.63, 3.8) is 0 Å². The molecule has 2 aliphatic heterocycles. The lowest BCUT2D eigenvalue weighted by molar-refractivity contribution is -0.141. The molecule has 1 spiro atoms. The van der Waals surface area contributed by atoms with Gasteiger partial charge in [0.25, 0.3) is 0 Å². The Morgan fingerprint density at radius 2 is 0.719 bits per heavy atom. The molecule has 5 amide bonds. The van der Waals surface area contributed by atoms with Crippen molar-refractivity contribution in [1.29, 1.82) is 0 Å². The molecule has 0 saturated carbocycles. The first-order valence-corrected chi connectivity index (χ1v) is 31.0. The lowest BCUT2D eigenvalue weighted by Gasteiger charge is -2.40. The number of carboxylic acids is 8. The van der Waals surface area contributed by atoms with E-state index in [0.29, 0.717) is 16.7 Å². The van der Waals surface area contributed by atoms with Crippen LogP contribution in [0.25, 0.3) is 0 Å². The summed E-state index contributed by atoms with van der Waals surface area (Å²) in [6.45, 7) is 2.68. The number of carboxylic acid groups (broad SMARTS) is 8. The molecule has 5 rings (SSSR count). The molecule has 0 bridgehead atoms. The van der Waals surface area contributed by atoms with Gasteiger partial charge < -0.3 is 87.1 Å². The summed E-state index contributed by atoms with van der Waals surface area (Å²) < 4.78 is 12.1. The normalized spacial score (nSPS) is 13.0. The van der Waals surface area contributed by atoms with Gasteiger partial charge in [0, 0.05) is 128 Å². The van der Waals surface area contributed by atoms with Crippen molar-refractivity contribution in [1.82, 2.24) is 21.3 Å². The number of carbonyl (C=O) groups is 14. The molecule has 31 heteroatoms. The molecule has 0 aromatic heterocycles. The molecule has 96 heavy (non-hydrogen) atoms. The number of anilines is 1. The van der Waals surface area contributed by atoms with Crippen LogP contribution in [0.15, 0.2) is 54.6 Å². The summed E-state index contributed by atoms with van der Waals surface area (Å²) in [4.78, 5) is 179. The minimum atomic E-state index is -1.74. The van der Waals surface area contributed by atoms with Gasteiger partial charge in [-0.1, -0.05) is 19.9 Å². The Hall–Kier alpha value is -10.4. The molecule has 3 aromatic rings. The van der Waals surface area contributed by atoms with Crippen molar-refractivity contribution in [2.45, 2.75) is 190 Å². The Bertz CT molecular complexity index is 3230. The standard InChI is InChI=1S/C65H81N5O26/c1-37(2)61(22-10-49(75)69-63(27-15-54(82)83,28-16-55(84)85)29-17-56(86)87,23-11-50(76)70-64(30-18-57(88)89,31-19-58(90)91)32-20-59(92)93)21-9-48(74)68-62(25-13-52(78)79,26-14-53(80)81)24-12-47(73)66-36-51(77)67-38-3-6-42-41(33-38)60(94)96-65(42)43-7-4-39(71)34-45(43)95-46-35-40(72)5-8-44(46)65/h3-8,33-35,37,71-72H,9-32,36H2,1-2H3,(H,66,73)(H,67,77)(H,68,74)(H,69,75)(H,70,76)(H,78,79)(H,80,81)(H,82,83)(H,84,85)(H,86,87)(H,88,89)(H,90,91)(H,92,93). The van der Waals surface area contributed by atoms with E-state index in [-0.39, 0.29) is 92.0 Å². The smallest absolute Gasteiger partial charge is 0.340 e. The summed E-state index contributed by atoms with van der Waals surface area (Å²) in [5, 5.41) is 111. The Morgan fingerprint density at radius 3 is 1.04 bits per heavy atom. The molecule has 0 fully saturated rings. The second-order valence-electron chi connectivity index (χ2n) is 24.8. The van der Waals surface area contributed by atoms with Crippen LogP contribution in [0.2, 0.25) is 0 Å². The van der Waals surface area contributed by atoms with Crippen LogP contribution in [0.5, 0.6) is 23.0 Å². The van der Waals surface area contributed by atoms with E-state index in [4.69, 9.17) is 9.47 Å². The minimum Gasteiger partial charge on any atom is -0.508 e. The van der Waals surface area contributed by atoms with Crippen molar-refractivity contribution in [3.05, 3.63) is 76.9 Å². The molecule has 0 unspecified atom stereocenters. The third-order valence-electron chi connectivity index (χ3n) is 17.9. The Labute approximate surface area is 549 Å². The van der Waals surface area contributed by atoms with Gasteiger partial charge in [-0.05, 0) is 125 Å². The number of aliphatic carboxylic acids is 8. The van der Waals surface area contributed by atoms with Gasteiger partial charge in [0.15, 0.2) is 5.60 Å². The molecule has 31 nitrogen and oxygen atoms in total. The number of benzene rings is 3. The van der Waals surface area contributed by atoms with Gasteiger partial charge in [0.2, 0.25) is 29.5 Å². The zero-order chi connectivity index (χ0) is 71.3. The van der Waals surface area contributed by atoms with Crippen molar-refractivity contribution < 1.29 is 128 Å². The Balaban J connectivity index is 1.40. The molecule has 522 valence electrons. The fourth-order valence-electron chi connectivity index (χ4n) is 12.5. The zero-order valence-corrected chi connectivity index (χ0v) is 53.0. The third kappa shape index (κ3) is 21.9. The van der Waals surface area contributed by atoms with Crippen molar-refractivity contribution in [2.24, 2.45) is 11.3 Å². The molecule has 3 aromatic carbocycles. The maximum absolute atomic E-state index is 14.5. The maximum atomic E-state index is 14.5. The van der Waals surface area contributed by atoms with Crippen LogP contribution in [0, 0.1) is 11.3 Å². The van der Waals surface area contributed by atoms with Crippen LogP contribution in [0.1, 0.15) is 195 Å². The zero-order valence-electron chi connectivity index (χ0n) is 53.0. The van der Waals surface area contributed by atoms with E-state index in [0.717, 1.165) is 0 Å². The number of ether oxygens (including phenoxy) is 2. The van der Waals surface area contributed by atoms with Gasteiger partial charge in [0.05, 0.1) is 12.1 Å². The average molecular weight is 1350 g/mol. The number of esters is 1. The van der Waals surface area contributed by atoms with Crippen LogP contribution in [-0.2, 0) is 72.7 Å². The summed E-state index contributed by atoms with van der Waals surface area (Å²) in [5.74, 6) is -16.3. The number of amides is 5. The molecule has 2 aliphatic rings. The van der Waals surface area contributed by atoms with E-state index in [1.165, 1.54) is 54.6 Å². The molecule has 0 radical (unpaired) electrons. The quantitative estimate of drug-likeness (QED) is 0.0290. The van der Waals surface area contributed by atoms with Gasteiger partial charge in [0.1, 0.15) is 23.0 Å². The first-order chi connectivity index (χ1) is 45.0. The largest absolute Gasteiger partial charge is 0.508 e. The lowest BCUT2D eigenvalue weighted by atomic mass is 9.67. The van der Waals surface area contributed by atoms with Crippen molar-refractivity contribution in [2.75, 3.05) is 11.9 Å². The fourth-order valence-corrected chi connectivity index (χ4v) is 12.5. The number of phenols is 2. The van der Waals surface area contributed by atoms with E-state index >= 15 is 0 Å². The maximum Gasteiger partial charge on any atom is 0.340 e. The summed E-state index contributed by atoms with van der Waals surface area (Å²) >= 11 is 0. The first-order valence-electron chi connectivity index (χ1n) is 31.0. The van der Waals surface area contributed by atoms with E-state index in [9.17, 15) is 118 Å². The van der Waals surface area contributed by atoms with Crippen molar-refractivity contribution in [3.8, 4) is 23.0 Å². The Kier molecular flexibility index (Phi) is 26.8. The van der Waals surface area contributed by atoms with Gasteiger partial charge >= 0.3 is 53.7 Å². The van der Waals surface area contributed by atoms with Crippen LogP contribution in [0.4, 0.5) is 5.69 Å². The van der Waals surface area contributed by atoms with Gasteiger partial charge in [-0.25, -0.2) is 4.79 Å². The monoisotopic (exact) mass is 1350 g/mol. The number of fused-ring (bicyclic) bond motifs is 6. The van der Waals surface area contributed by atoms with E-state index in [1.54, 1.807) is 13.8 Å². The second kappa shape index (κ2) is 33.7. The highest BCUT2D eigenvalue weighted by atomic mass is 16.6. The van der Waals surface area contributed by atoms with E-state index in [2.05, 4.69) is 26.6 Å². The second-order valence-corrected chi connectivity index (χ2v) is 24.8. The highest BCUT2D eigenvalue weighted by Gasteiger charge is 2.54. The minimum absolute atomic E-state index is 0.0262. The summed E-state index contributed by atoms with van der Waals surface area (Å²) in [6, 6.07) is 12.7. The predicted molar refractivity (Wildman–Crippen MR) is 331 cm³/mol. The molecule has 0 saturated heterocycles. The number of hydrogen-bond donors (Lipinski definition) is 15. The summed E-state index contributed by atoms with van der Waals surface area (Å²) in [6.07, 6.45) is -11.1. The van der Waals surface area contributed by atoms with Gasteiger partial charge in [-0.15, -0.1) is 0 Å². The number of aromatic hydroxyl groups is 2. The molecule has 0 aliphatic carbocycles. The molecular weight excluding hydrogens is 1270 g/mol. The summed E-state index contributed by atoms with van der Waals surface area (Å²) in [5.41, 5.74) is -6.84. The van der Waals surface area contributed by atoms with Crippen molar-refractivity contribution >= 4 is 88.9 Å². The van der Waals surface area contributed by atoms with Crippen LogP contribution >= 0.6 is 0 Å². The topological polar surface area (TPSA) is 520 Å². The molecule has 2 heterocycles. The van der Waals surface area contributed by atoms with Crippen LogP contribution in [-0.4, -0.2) is 157 Å². The SMILES string of the molecule is CC(C)C(CCC(=O)NC(CCC(=O)O)(CCC(=O)O)CCC(=O)O)(CCC(=O)NC(CCC(=O)O)(CCC(=O)O)CCC(=O)O)CCC(=O)NC(CCC(=O)O)(CCC(=O)O)CCC(=O)NCC(=O)Nc1ccc2c(c1)C(=O)OC21c2ccc(O)cc2Oc2cc(O)ccc21. The number of rotatable bonds is 43.